The number of benzene rings is 3. The Morgan fingerprint density at radius 2 is 1.26 bits per heavy atom. The molecule has 7 rings (SSSR count). The van der Waals surface area contributed by atoms with E-state index in [2.05, 4.69) is 0 Å². The van der Waals surface area contributed by atoms with Crippen LogP contribution in [0.3, 0.4) is 0 Å². The molecule has 1 aliphatic heterocycles. The summed E-state index contributed by atoms with van der Waals surface area (Å²) in [6.07, 6.45) is 0. The highest BCUT2D eigenvalue weighted by atomic mass is 35.5. The topological polar surface area (TPSA) is 80.8 Å². The van der Waals surface area contributed by atoms with Gasteiger partial charge in [0.05, 0.1) is 16.9 Å². The zero-order valence-electron chi connectivity index (χ0n) is 19.4. The number of ketones is 1. The fourth-order valence-corrected chi connectivity index (χ4v) is 7.61. The Bertz CT molecular complexity index is 1450. The lowest BCUT2D eigenvalue weighted by molar-refractivity contribution is -0.152. The fraction of sp³-hybridized carbons (Fsp3) is 0.214. The first-order chi connectivity index (χ1) is 18.1. The first-order valence-corrected chi connectivity index (χ1v) is 13.2. The maximum atomic E-state index is 13.7. The van der Waals surface area contributed by atoms with E-state index in [1.807, 2.05) is 48.5 Å². The fourth-order valence-electron chi connectivity index (χ4n) is 5.99. The van der Waals surface area contributed by atoms with Crippen molar-refractivity contribution in [2.24, 2.45) is 11.8 Å². The van der Waals surface area contributed by atoms with Crippen LogP contribution in [0.25, 0.3) is 0 Å². The van der Waals surface area contributed by atoms with Crippen LogP contribution in [0.4, 0.5) is 0 Å². The number of esters is 1. The Morgan fingerprint density at radius 1 is 0.789 bits per heavy atom. The molecule has 2 atom stereocenters. The Morgan fingerprint density at radius 3 is 1.71 bits per heavy atom. The number of Topliss-reactive ketones (excluding diaryl/α,β-unsaturated/α-hetero) is 1. The third-order valence-electron chi connectivity index (χ3n) is 7.56. The van der Waals surface area contributed by atoms with Crippen LogP contribution in [0.15, 0.2) is 66.7 Å². The number of carbonyl (C=O) groups excluding carboxylic acids is 4. The molecule has 192 valence electrons. The van der Waals surface area contributed by atoms with E-state index in [0.29, 0.717) is 27.3 Å². The first-order valence-electron chi connectivity index (χ1n) is 11.7. The zero-order valence-corrected chi connectivity index (χ0v) is 22.4. The molecule has 0 radical (unpaired) electrons. The van der Waals surface area contributed by atoms with Crippen LogP contribution >= 0.6 is 46.4 Å². The molecule has 0 aromatic heterocycles. The Kier molecular flexibility index (Phi) is 5.89. The minimum Gasteiger partial charge on any atom is -0.456 e. The third-order valence-corrected chi connectivity index (χ3v) is 9.39. The highest BCUT2D eigenvalue weighted by molar-refractivity contribution is 6.37. The lowest BCUT2D eigenvalue weighted by atomic mass is 9.54. The van der Waals surface area contributed by atoms with Crippen molar-refractivity contribution < 1.29 is 23.9 Å². The molecule has 3 aromatic rings. The average Bonchev–Trinajstić information content (AvgIpc) is 3.16. The molecule has 1 fully saturated rings. The number of ether oxygens (including phenoxy) is 1. The van der Waals surface area contributed by atoms with Crippen molar-refractivity contribution >= 4 is 70.0 Å². The minimum atomic E-state index is -1.35. The number of hydrogen-bond acceptors (Lipinski definition) is 5. The molecular weight excluding hydrogens is 572 g/mol. The van der Waals surface area contributed by atoms with Crippen molar-refractivity contribution in [1.29, 1.82) is 0 Å². The van der Waals surface area contributed by atoms with Gasteiger partial charge in [0.1, 0.15) is 16.3 Å². The SMILES string of the molecule is O=C(CN1C(=O)[C@H]2[C@H](C1=O)C1(Cl)c3ccccc3C2(Cl)c2ccccc21)OCC(=O)c1ccc(Cl)cc1Cl. The second-order valence-electron chi connectivity index (χ2n) is 9.44. The summed E-state index contributed by atoms with van der Waals surface area (Å²) in [7, 11) is 0. The highest BCUT2D eigenvalue weighted by Crippen LogP contribution is 2.69. The van der Waals surface area contributed by atoms with Crippen molar-refractivity contribution in [1.82, 2.24) is 4.90 Å². The van der Waals surface area contributed by atoms with Gasteiger partial charge in [0.25, 0.3) is 0 Å². The van der Waals surface area contributed by atoms with Gasteiger partial charge in [0.15, 0.2) is 6.61 Å². The van der Waals surface area contributed by atoms with E-state index in [1.54, 1.807) is 0 Å². The molecule has 3 aromatic carbocycles. The van der Waals surface area contributed by atoms with Crippen molar-refractivity contribution in [2.45, 2.75) is 9.75 Å². The standard InChI is InChI=1S/C28H17Cl4NO5/c29-14-9-10-15(20(30)11-14)21(34)13-38-22(35)12-33-25(36)23-24(26(33)37)28(32)17-6-2-1-5-16(17)27(23,31)18-7-3-4-8-19(18)28/h1-11,23-24H,12-13H2/t23-,24-,27?,28?/m1/s1. The summed E-state index contributed by atoms with van der Waals surface area (Å²) in [5.74, 6) is -4.78. The summed E-state index contributed by atoms with van der Waals surface area (Å²) >= 11 is 26.6. The summed E-state index contributed by atoms with van der Waals surface area (Å²) in [5.41, 5.74) is 2.77. The molecule has 6 nitrogen and oxygen atoms in total. The molecule has 1 saturated heterocycles. The van der Waals surface area contributed by atoms with Crippen LogP contribution in [0.5, 0.6) is 0 Å². The normalized spacial score (nSPS) is 26.6. The summed E-state index contributed by atoms with van der Waals surface area (Å²) in [6.45, 7) is -1.31. The van der Waals surface area contributed by atoms with E-state index in [-0.39, 0.29) is 10.6 Å². The molecule has 38 heavy (non-hydrogen) atoms. The number of alkyl halides is 2. The van der Waals surface area contributed by atoms with Crippen LogP contribution in [-0.2, 0) is 28.9 Å². The number of nitrogens with zero attached hydrogens (tertiary/aromatic N) is 1. The van der Waals surface area contributed by atoms with Gasteiger partial charge in [-0.15, -0.1) is 23.2 Å². The van der Waals surface area contributed by atoms with E-state index in [9.17, 15) is 19.2 Å². The van der Waals surface area contributed by atoms with Crippen LogP contribution in [0.1, 0.15) is 32.6 Å². The Balaban J connectivity index is 1.29. The lowest BCUT2D eigenvalue weighted by Gasteiger charge is -2.54. The molecule has 4 aliphatic rings. The number of halogens is 4. The molecule has 3 aliphatic carbocycles. The first kappa shape index (κ1) is 25.4. The quantitative estimate of drug-likeness (QED) is 0.175. The van der Waals surface area contributed by atoms with Gasteiger partial charge in [-0.1, -0.05) is 71.7 Å². The molecule has 0 saturated carbocycles. The molecular formula is C28H17Cl4NO5. The molecule has 0 N–H and O–H groups in total. The molecule has 0 spiro atoms. The molecule has 2 bridgehead atoms. The number of rotatable bonds is 5. The van der Waals surface area contributed by atoms with E-state index >= 15 is 0 Å². The molecule has 0 unspecified atom stereocenters. The second-order valence-corrected chi connectivity index (χ2v) is 11.5. The smallest absolute Gasteiger partial charge is 0.326 e. The largest absolute Gasteiger partial charge is 0.456 e. The molecule has 2 amide bonds. The van der Waals surface area contributed by atoms with E-state index < -0.39 is 58.3 Å². The number of hydrogen-bond donors (Lipinski definition) is 0. The predicted octanol–water partition coefficient (Wildman–Crippen LogP) is 5.31. The average molecular weight is 589 g/mol. The van der Waals surface area contributed by atoms with E-state index in [0.717, 1.165) is 4.90 Å². The van der Waals surface area contributed by atoms with Gasteiger partial charge < -0.3 is 4.74 Å². The Hall–Kier alpha value is -2.90. The summed E-state index contributed by atoms with van der Waals surface area (Å²) in [5, 5.41) is 0.463. The summed E-state index contributed by atoms with van der Waals surface area (Å²) < 4.78 is 5.11. The zero-order chi connectivity index (χ0) is 27.0. The van der Waals surface area contributed by atoms with Gasteiger partial charge in [-0.3, -0.25) is 24.1 Å². The third kappa shape index (κ3) is 3.34. The maximum Gasteiger partial charge on any atom is 0.326 e. The molecule has 1 heterocycles. The van der Waals surface area contributed by atoms with Crippen molar-refractivity contribution in [3.63, 3.8) is 0 Å². The van der Waals surface area contributed by atoms with Crippen molar-refractivity contribution in [2.75, 3.05) is 13.2 Å². The maximum absolute atomic E-state index is 13.7. The van der Waals surface area contributed by atoms with Gasteiger partial charge in [-0.25, -0.2) is 0 Å². The minimum absolute atomic E-state index is 0.113. The Labute approximate surface area is 237 Å². The van der Waals surface area contributed by atoms with Gasteiger partial charge in [-0.2, -0.15) is 0 Å². The molecule has 10 heteroatoms. The lowest BCUT2D eigenvalue weighted by Crippen LogP contribution is -2.57. The number of amides is 2. The monoisotopic (exact) mass is 587 g/mol. The highest BCUT2D eigenvalue weighted by Gasteiger charge is 2.73. The summed E-state index contributed by atoms with van der Waals surface area (Å²) in [4.78, 5) is 50.8. The van der Waals surface area contributed by atoms with Crippen molar-refractivity contribution in [3.8, 4) is 0 Å². The second kappa shape index (κ2) is 8.82. The van der Waals surface area contributed by atoms with Crippen LogP contribution < -0.4 is 0 Å². The number of likely N-dealkylation sites (tertiary alicyclic amines) is 1. The van der Waals surface area contributed by atoms with Gasteiger partial charge in [0.2, 0.25) is 17.6 Å². The van der Waals surface area contributed by atoms with E-state index in [1.165, 1.54) is 18.2 Å². The van der Waals surface area contributed by atoms with Crippen LogP contribution in [0.2, 0.25) is 10.0 Å². The van der Waals surface area contributed by atoms with Gasteiger partial charge in [0, 0.05) is 10.6 Å². The summed E-state index contributed by atoms with van der Waals surface area (Å²) in [6, 6.07) is 18.8. The van der Waals surface area contributed by atoms with E-state index in [4.69, 9.17) is 51.1 Å². The number of imide groups is 1. The van der Waals surface area contributed by atoms with Gasteiger partial charge >= 0.3 is 5.97 Å². The van der Waals surface area contributed by atoms with Crippen LogP contribution in [0, 0.1) is 11.8 Å². The predicted molar refractivity (Wildman–Crippen MR) is 142 cm³/mol. The van der Waals surface area contributed by atoms with Crippen LogP contribution in [-0.4, -0.2) is 41.6 Å². The van der Waals surface area contributed by atoms with Crippen molar-refractivity contribution in [3.05, 3.63) is 105 Å². The number of carbonyl (C=O) groups is 4. The van der Waals surface area contributed by atoms with Gasteiger partial charge in [-0.05, 0) is 40.5 Å².